The highest BCUT2D eigenvalue weighted by molar-refractivity contribution is 6.38. The summed E-state index contributed by atoms with van der Waals surface area (Å²) in [6.07, 6.45) is 1.81. The van der Waals surface area contributed by atoms with Gasteiger partial charge in [0.05, 0.1) is 10.6 Å². The average Bonchev–Trinajstić information content (AvgIpc) is 2.48. The summed E-state index contributed by atoms with van der Waals surface area (Å²) < 4.78 is 0. The molecule has 14 heavy (non-hydrogen) atoms. The molecule has 72 valence electrons. The quantitative estimate of drug-likeness (QED) is 0.759. The van der Waals surface area contributed by atoms with Crippen molar-refractivity contribution in [3.63, 3.8) is 0 Å². The number of aryl methyl sites for hydroxylation is 1. The van der Waals surface area contributed by atoms with Crippen LogP contribution in [-0.2, 0) is 0 Å². The fraction of sp³-hybridized carbons (Fsp3) is 0.100. The number of aromatic nitrogens is 1. The van der Waals surface area contributed by atoms with E-state index in [1.54, 1.807) is 6.07 Å². The van der Waals surface area contributed by atoms with E-state index in [1.807, 2.05) is 13.1 Å². The Hall–Kier alpha value is -1.48. The Morgan fingerprint density at radius 1 is 1.50 bits per heavy atom. The number of carboxylic acids is 1. The van der Waals surface area contributed by atoms with E-state index in [4.69, 9.17) is 16.7 Å². The van der Waals surface area contributed by atoms with E-state index in [9.17, 15) is 4.79 Å². The van der Waals surface area contributed by atoms with Crippen LogP contribution in [0.4, 0.5) is 0 Å². The Kier molecular flexibility index (Phi) is 1.97. The summed E-state index contributed by atoms with van der Waals surface area (Å²) >= 11 is 5.98. The molecule has 0 amide bonds. The third kappa shape index (κ3) is 1.17. The Morgan fingerprint density at radius 3 is 2.86 bits per heavy atom. The van der Waals surface area contributed by atoms with Crippen LogP contribution in [0.2, 0.25) is 5.02 Å². The Labute approximate surface area is 85.3 Å². The number of hydrogen-bond donors (Lipinski definition) is 2. The zero-order chi connectivity index (χ0) is 10.3. The predicted molar refractivity (Wildman–Crippen MR) is 55.0 cm³/mol. The summed E-state index contributed by atoms with van der Waals surface area (Å²) in [5, 5.41) is 9.94. The van der Waals surface area contributed by atoms with Crippen LogP contribution in [0, 0.1) is 6.92 Å². The van der Waals surface area contributed by atoms with E-state index in [1.165, 1.54) is 6.07 Å². The van der Waals surface area contributed by atoms with Crippen LogP contribution in [0.25, 0.3) is 10.9 Å². The van der Waals surface area contributed by atoms with E-state index in [2.05, 4.69) is 4.98 Å². The number of fused-ring (bicyclic) bond motifs is 1. The van der Waals surface area contributed by atoms with Gasteiger partial charge in [-0.15, -0.1) is 0 Å². The lowest BCUT2D eigenvalue weighted by molar-refractivity contribution is 0.0697. The molecular formula is C10H8ClNO2. The monoisotopic (exact) mass is 209 g/mol. The summed E-state index contributed by atoms with van der Waals surface area (Å²) in [6, 6.07) is 3.22. The van der Waals surface area contributed by atoms with Crippen molar-refractivity contribution in [2.75, 3.05) is 0 Å². The molecule has 0 bridgehead atoms. The first-order valence-corrected chi connectivity index (χ1v) is 4.48. The van der Waals surface area contributed by atoms with Crippen LogP contribution in [0.15, 0.2) is 18.3 Å². The number of rotatable bonds is 1. The van der Waals surface area contributed by atoms with Gasteiger partial charge in [-0.1, -0.05) is 11.6 Å². The number of carboxylic acid groups (broad SMARTS) is 1. The molecule has 1 aromatic carbocycles. The van der Waals surface area contributed by atoms with Crippen molar-refractivity contribution in [3.05, 3.63) is 34.5 Å². The van der Waals surface area contributed by atoms with Crippen molar-refractivity contribution >= 4 is 28.5 Å². The number of H-pyrrole nitrogens is 1. The molecule has 0 spiro atoms. The fourth-order valence-corrected chi connectivity index (χ4v) is 1.90. The molecule has 2 N–H and O–H groups in total. The first-order chi connectivity index (χ1) is 6.61. The third-order valence-electron chi connectivity index (χ3n) is 2.21. The second-order valence-corrected chi connectivity index (χ2v) is 3.50. The normalized spacial score (nSPS) is 10.7. The molecule has 0 atom stereocenters. The standard InChI is InChI=1S/C10H8ClNO2/c1-5-4-12-7-3-2-6(10(13)14)9(11)8(5)7/h2-4,12H,1H3,(H,13,14). The maximum absolute atomic E-state index is 10.8. The van der Waals surface area contributed by atoms with Gasteiger partial charge in [0.2, 0.25) is 0 Å². The van der Waals surface area contributed by atoms with Gasteiger partial charge in [-0.2, -0.15) is 0 Å². The molecular weight excluding hydrogens is 202 g/mol. The second kappa shape index (κ2) is 3.03. The van der Waals surface area contributed by atoms with Crippen LogP contribution in [-0.4, -0.2) is 16.1 Å². The number of nitrogens with one attached hydrogen (secondary N) is 1. The Morgan fingerprint density at radius 2 is 2.21 bits per heavy atom. The molecule has 0 fully saturated rings. The molecule has 3 nitrogen and oxygen atoms in total. The lowest BCUT2D eigenvalue weighted by atomic mass is 10.1. The second-order valence-electron chi connectivity index (χ2n) is 3.13. The summed E-state index contributed by atoms with van der Waals surface area (Å²) in [7, 11) is 0. The molecule has 2 aromatic rings. The van der Waals surface area contributed by atoms with Crippen molar-refractivity contribution in [3.8, 4) is 0 Å². The number of carbonyl (C=O) groups is 1. The van der Waals surface area contributed by atoms with Crippen LogP contribution in [0.3, 0.4) is 0 Å². The van der Waals surface area contributed by atoms with Crippen molar-refractivity contribution in [2.24, 2.45) is 0 Å². The largest absolute Gasteiger partial charge is 0.478 e. The van der Waals surface area contributed by atoms with Crippen molar-refractivity contribution in [1.29, 1.82) is 0 Å². The topological polar surface area (TPSA) is 53.1 Å². The molecule has 0 saturated carbocycles. The number of halogens is 1. The predicted octanol–water partition coefficient (Wildman–Crippen LogP) is 2.83. The minimum absolute atomic E-state index is 0.141. The highest BCUT2D eigenvalue weighted by Crippen LogP contribution is 2.29. The van der Waals surface area contributed by atoms with E-state index < -0.39 is 5.97 Å². The SMILES string of the molecule is Cc1c[nH]c2ccc(C(=O)O)c(Cl)c12. The molecule has 0 aliphatic carbocycles. The Bertz CT molecular complexity index is 516. The molecule has 0 aliphatic heterocycles. The van der Waals surface area contributed by atoms with Gasteiger partial charge in [-0.05, 0) is 24.6 Å². The van der Waals surface area contributed by atoms with Crippen molar-refractivity contribution in [2.45, 2.75) is 6.92 Å². The fourth-order valence-electron chi connectivity index (χ4n) is 1.51. The molecule has 0 unspecified atom stereocenters. The van der Waals surface area contributed by atoms with Crippen molar-refractivity contribution in [1.82, 2.24) is 4.98 Å². The van der Waals surface area contributed by atoms with Gasteiger partial charge in [-0.25, -0.2) is 4.79 Å². The molecule has 0 radical (unpaired) electrons. The van der Waals surface area contributed by atoms with E-state index in [0.29, 0.717) is 5.02 Å². The zero-order valence-corrected chi connectivity index (χ0v) is 8.22. The highest BCUT2D eigenvalue weighted by Gasteiger charge is 2.13. The van der Waals surface area contributed by atoms with Gasteiger partial charge in [0.1, 0.15) is 0 Å². The van der Waals surface area contributed by atoms with Crippen LogP contribution < -0.4 is 0 Å². The van der Waals surface area contributed by atoms with Crippen LogP contribution in [0.5, 0.6) is 0 Å². The smallest absolute Gasteiger partial charge is 0.337 e. The molecule has 1 aromatic heterocycles. The zero-order valence-electron chi connectivity index (χ0n) is 7.47. The van der Waals surface area contributed by atoms with Gasteiger partial charge in [0, 0.05) is 17.1 Å². The molecule has 4 heteroatoms. The van der Waals surface area contributed by atoms with E-state index >= 15 is 0 Å². The minimum Gasteiger partial charge on any atom is -0.478 e. The Balaban J connectivity index is 2.86. The van der Waals surface area contributed by atoms with Gasteiger partial charge in [0.25, 0.3) is 0 Å². The first-order valence-electron chi connectivity index (χ1n) is 4.10. The lowest BCUT2D eigenvalue weighted by Gasteiger charge is -2.00. The minimum atomic E-state index is -1.00. The highest BCUT2D eigenvalue weighted by atomic mass is 35.5. The van der Waals surface area contributed by atoms with Gasteiger partial charge in [-0.3, -0.25) is 0 Å². The summed E-state index contributed by atoms with van der Waals surface area (Å²) in [5.41, 5.74) is 1.95. The average molecular weight is 210 g/mol. The molecule has 1 heterocycles. The van der Waals surface area contributed by atoms with Gasteiger partial charge < -0.3 is 10.1 Å². The molecule has 0 aliphatic rings. The summed E-state index contributed by atoms with van der Waals surface area (Å²) in [6.45, 7) is 1.89. The lowest BCUT2D eigenvalue weighted by Crippen LogP contribution is -1.97. The van der Waals surface area contributed by atoms with E-state index in [0.717, 1.165) is 16.5 Å². The maximum atomic E-state index is 10.8. The van der Waals surface area contributed by atoms with Crippen LogP contribution >= 0.6 is 11.6 Å². The third-order valence-corrected chi connectivity index (χ3v) is 2.60. The number of hydrogen-bond acceptors (Lipinski definition) is 1. The number of benzene rings is 1. The molecule has 0 saturated heterocycles. The van der Waals surface area contributed by atoms with Gasteiger partial charge in [0.15, 0.2) is 0 Å². The number of aromatic carboxylic acids is 1. The maximum Gasteiger partial charge on any atom is 0.337 e. The summed E-state index contributed by atoms with van der Waals surface area (Å²) in [4.78, 5) is 13.8. The van der Waals surface area contributed by atoms with Crippen LogP contribution in [0.1, 0.15) is 15.9 Å². The number of aromatic amines is 1. The van der Waals surface area contributed by atoms with Crippen molar-refractivity contribution < 1.29 is 9.90 Å². The van der Waals surface area contributed by atoms with Gasteiger partial charge >= 0.3 is 5.97 Å². The molecule has 2 rings (SSSR count). The first kappa shape index (κ1) is 9.09. The van der Waals surface area contributed by atoms with E-state index in [-0.39, 0.29) is 5.56 Å². The summed E-state index contributed by atoms with van der Waals surface area (Å²) in [5.74, 6) is -1.00.